The van der Waals surface area contributed by atoms with Crippen LogP contribution in [0.25, 0.3) is 6.08 Å². The van der Waals surface area contributed by atoms with Crippen LogP contribution in [0.3, 0.4) is 0 Å². The molecule has 1 unspecified atom stereocenters. The van der Waals surface area contributed by atoms with Crippen LogP contribution >= 0.6 is 0 Å². The molecule has 0 aliphatic heterocycles. The van der Waals surface area contributed by atoms with Crippen LogP contribution < -0.4 is 10.2 Å². The van der Waals surface area contributed by atoms with E-state index in [1.54, 1.807) is 6.92 Å². The number of imidazole rings is 1. The van der Waals surface area contributed by atoms with Crippen LogP contribution in [0, 0.1) is 0 Å². The second-order valence-electron chi connectivity index (χ2n) is 2.90. The smallest absolute Gasteiger partial charge is 0.547 e. The van der Waals surface area contributed by atoms with E-state index in [1.165, 1.54) is 18.6 Å². The third-order valence-corrected chi connectivity index (χ3v) is 1.58. The van der Waals surface area contributed by atoms with E-state index in [0.717, 1.165) is 6.08 Å². The summed E-state index contributed by atoms with van der Waals surface area (Å²) in [6.07, 6.45) is 4.21. The summed E-state index contributed by atoms with van der Waals surface area (Å²) >= 11 is 0. The van der Waals surface area contributed by atoms with E-state index in [0.29, 0.717) is 5.69 Å². The zero-order chi connectivity index (χ0) is 13.3. The maximum Gasteiger partial charge on any atom is 2.00 e. The number of H-pyrrole nitrogens is 1. The Labute approximate surface area is 114 Å². The van der Waals surface area contributed by atoms with Gasteiger partial charge in [0.15, 0.2) is 0 Å². The Bertz CT molecular complexity index is 378. The summed E-state index contributed by atoms with van der Waals surface area (Å²) in [5.41, 5.74) is 0.643. The molecule has 0 aromatic carbocycles. The fraction of sp³-hybridized carbons (Fsp3) is 0.300. The van der Waals surface area contributed by atoms with Crippen LogP contribution in [0.5, 0.6) is 0 Å². The summed E-state index contributed by atoms with van der Waals surface area (Å²) in [6, 6.07) is 0. The van der Waals surface area contributed by atoms with Gasteiger partial charge in [0, 0.05) is 0 Å². The summed E-state index contributed by atoms with van der Waals surface area (Å²) in [6.45, 7) is 1.57. The molecule has 99 valence electrons. The normalized spacial score (nSPS) is 11.0. The van der Waals surface area contributed by atoms with E-state index >= 15 is 0 Å². The molecule has 1 aromatic heterocycles. The molecule has 2 N–H and O–H groups in total. The van der Waals surface area contributed by atoms with E-state index in [4.69, 9.17) is 5.11 Å². The van der Waals surface area contributed by atoms with Crippen molar-refractivity contribution in [1.29, 1.82) is 0 Å². The maximum absolute atomic E-state index is 9.86. The molecule has 1 atom stereocenters. The van der Waals surface area contributed by atoms with E-state index < -0.39 is 18.0 Å². The van der Waals surface area contributed by atoms with Crippen molar-refractivity contribution < 1.29 is 42.0 Å². The standard InChI is InChI=1S/C6H6N2O2.C4H8O3.Mn/c9-6(10)2-1-5-3-7-4-8-5;1-2-3(5)4(6)7;/h1-4H,(H,7,8)(H,9,10);3,5H,2H2,1H3,(H,6,7);/q;;+2/p-2. The van der Waals surface area contributed by atoms with Crippen molar-refractivity contribution in [2.24, 2.45) is 0 Å². The number of aromatic nitrogens is 2. The Morgan fingerprint density at radius 3 is 2.44 bits per heavy atom. The van der Waals surface area contributed by atoms with Crippen LogP contribution in [0.1, 0.15) is 19.0 Å². The number of nitrogens with zero attached hydrogens (tertiary/aromatic N) is 1. The van der Waals surface area contributed by atoms with Gasteiger partial charge < -0.3 is 29.9 Å². The Kier molecular flexibility index (Phi) is 10.9. The average molecular weight is 295 g/mol. The molecule has 1 radical (unpaired) electrons. The number of hydrogen-bond donors (Lipinski definition) is 2. The molecule has 7 nitrogen and oxygen atoms in total. The van der Waals surface area contributed by atoms with Gasteiger partial charge in [0.05, 0.1) is 36.3 Å². The summed E-state index contributed by atoms with van der Waals surface area (Å²) in [5.74, 6) is -2.61. The van der Waals surface area contributed by atoms with Gasteiger partial charge in [-0.1, -0.05) is 6.92 Å². The molecular formula is C10H12MnN2O5. The Morgan fingerprint density at radius 2 is 2.17 bits per heavy atom. The van der Waals surface area contributed by atoms with E-state index in [9.17, 15) is 19.8 Å². The molecule has 1 heterocycles. The zero-order valence-electron chi connectivity index (χ0n) is 9.50. The number of aliphatic carboxylic acids is 2. The molecule has 0 saturated heterocycles. The topological polar surface area (TPSA) is 129 Å². The van der Waals surface area contributed by atoms with Crippen molar-refractivity contribution in [1.82, 2.24) is 9.97 Å². The number of aliphatic hydroxyl groups excluding tert-OH is 1. The van der Waals surface area contributed by atoms with Gasteiger partial charge in [-0.15, -0.1) is 0 Å². The van der Waals surface area contributed by atoms with Gasteiger partial charge in [0.2, 0.25) is 0 Å². The molecule has 18 heavy (non-hydrogen) atoms. The maximum atomic E-state index is 9.86. The number of aliphatic hydroxyl groups is 1. The fourth-order valence-corrected chi connectivity index (χ4v) is 0.682. The van der Waals surface area contributed by atoms with Crippen molar-refractivity contribution >= 4 is 18.0 Å². The largest absolute Gasteiger partial charge is 2.00 e. The van der Waals surface area contributed by atoms with Crippen LogP contribution in [0.15, 0.2) is 18.6 Å². The zero-order valence-corrected chi connectivity index (χ0v) is 10.7. The fourth-order valence-electron chi connectivity index (χ4n) is 0.682. The number of hydrogen-bond acceptors (Lipinski definition) is 6. The molecule has 0 spiro atoms. The molecule has 0 fully saturated rings. The van der Waals surface area contributed by atoms with Crippen molar-refractivity contribution in [2.75, 3.05) is 0 Å². The molecule has 0 aliphatic rings. The first-order chi connectivity index (χ1) is 7.97. The van der Waals surface area contributed by atoms with Gasteiger partial charge in [-0.3, -0.25) is 0 Å². The molecule has 1 aromatic rings. The summed E-state index contributed by atoms with van der Waals surface area (Å²) < 4.78 is 0. The van der Waals surface area contributed by atoms with Crippen molar-refractivity contribution in [2.45, 2.75) is 19.4 Å². The second-order valence-corrected chi connectivity index (χ2v) is 2.90. The number of carboxylic acids is 2. The summed E-state index contributed by atoms with van der Waals surface area (Å²) in [7, 11) is 0. The van der Waals surface area contributed by atoms with Crippen molar-refractivity contribution in [3.8, 4) is 0 Å². The van der Waals surface area contributed by atoms with Gasteiger partial charge >= 0.3 is 17.1 Å². The van der Waals surface area contributed by atoms with Gasteiger partial charge in [0.1, 0.15) is 0 Å². The Balaban J connectivity index is 0. The van der Waals surface area contributed by atoms with Crippen LogP contribution in [0.4, 0.5) is 0 Å². The molecule has 0 amide bonds. The van der Waals surface area contributed by atoms with Crippen molar-refractivity contribution in [3.63, 3.8) is 0 Å². The predicted molar refractivity (Wildman–Crippen MR) is 53.9 cm³/mol. The predicted octanol–water partition coefficient (Wildman–Crippen LogP) is -2.32. The minimum Gasteiger partial charge on any atom is -0.547 e. The van der Waals surface area contributed by atoms with E-state index in [2.05, 4.69) is 9.97 Å². The van der Waals surface area contributed by atoms with Gasteiger partial charge in [0.25, 0.3) is 0 Å². The number of carbonyl (C=O) groups excluding carboxylic acids is 2. The molecule has 0 saturated carbocycles. The van der Waals surface area contributed by atoms with Gasteiger partial charge in [-0.05, 0) is 18.6 Å². The SMILES string of the molecule is CCC(O)C(=O)[O-].O=C([O-])C=Cc1cnc[nH]1.[Mn+2]. The Hall–Kier alpha value is -1.63. The van der Waals surface area contributed by atoms with Crippen LogP contribution in [0.2, 0.25) is 0 Å². The molecule has 0 aliphatic carbocycles. The number of aromatic amines is 1. The third kappa shape index (κ3) is 9.59. The summed E-state index contributed by atoms with van der Waals surface area (Å²) in [5, 5.41) is 27.7. The van der Waals surface area contributed by atoms with Crippen molar-refractivity contribution in [3.05, 3.63) is 24.3 Å². The van der Waals surface area contributed by atoms with E-state index in [-0.39, 0.29) is 23.5 Å². The molecule has 8 heteroatoms. The Morgan fingerprint density at radius 1 is 1.56 bits per heavy atom. The van der Waals surface area contributed by atoms with Crippen LogP contribution in [-0.4, -0.2) is 33.1 Å². The minimum atomic E-state index is -1.40. The molecule has 0 bridgehead atoms. The minimum absolute atomic E-state index is 0. The second kappa shape index (κ2) is 10.5. The summed E-state index contributed by atoms with van der Waals surface area (Å²) in [4.78, 5) is 25.8. The first kappa shape index (κ1) is 18.7. The average Bonchev–Trinajstić information content (AvgIpc) is 2.78. The monoisotopic (exact) mass is 295 g/mol. The van der Waals surface area contributed by atoms with Gasteiger partial charge in [-0.2, -0.15) is 0 Å². The van der Waals surface area contributed by atoms with Crippen LogP contribution in [-0.2, 0) is 26.7 Å². The first-order valence-electron chi connectivity index (χ1n) is 4.73. The van der Waals surface area contributed by atoms with E-state index in [1.807, 2.05) is 0 Å². The first-order valence-corrected chi connectivity index (χ1v) is 4.73. The number of nitrogens with one attached hydrogen (secondary N) is 1. The van der Waals surface area contributed by atoms with Gasteiger partial charge in [-0.25, -0.2) is 4.98 Å². The molecular weight excluding hydrogens is 283 g/mol. The quantitative estimate of drug-likeness (QED) is 0.474. The number of carboxylic acid groups (broad SMARTS) is 2. The number of rotatable bonds is 4. The number of carbonyl (C=O) groups is 2. The molecule has 1 rings (SSSR count). The third-order valence-electron chi connectivity index (χ3n) is 1.58.